The average molecular weight is 623 g/mol. The lowest BCUT2D eigenvalue weighted by molar-refractivity contribution is -0.151. The largest absolute Gasteiger partial charge is 0.463 e. The van der Waals surface area contributed by atoms with Crippen LogP contribution in [-0.2, 0) is 38.7 Å². The Bertz CT molecular complexity index is 727. The molecule has 0 heterocycles. The van der Waals surface area contributed by atoms with Crippen molar-refractivity contribution in [2.45, 2.75) is 154 Å². The highest BCUT2D eigenvalue weighted by molar-refractivity contribution is 7.87. The molecule has 0 bridgehead atoms. The second kappa shape index (κ2) is 29.8. The average Bonchev–Trinajstić information content (AvgIpc) is 2.95. The third kappa shape index (κ3) is 27.6. The van der Waals surface area contributed by atoms with E-state index < -0.39 is 33.7 Å². The summed E-state index contributed by atoms with van der Waals surface area (Å²) in [5.41, 5.74) is 0. The standard InChI is InChI=1S/C32H62O9S/c1-3-5-7-9-11-13-15-17-19-21-23-38-25-27-40-31(33)29-30(42(35,36)37)32(34)41-28-26-39-24-22-20-18-16-14-12-10-8-6-4-2/h30H,3-29H2,1-2H3,(H,35,36,37). The van der Waals surface area contributed by atoms with Crippen LogP contribution in [0.4, 0.5) is 0 Å². The highest BCUT2D eigenvalue weighted by Crippen LogP contribution is 2.12. The van der Waals surface area contributed by atoms with Crippen LogP contribution in [0.3, 0.4) is 0 Å². The Morgan fingerprint density at radius 2 is 0.881 bits per heavy atom. The Balaban J connectivity index is 3.81. The fourth-order valence-corrected chi connectivity index (χ4v) is 5.27. The molecule has 0 aliphatic carbocycles. The van der Waals surface area contributed by atoms with E-state index in [2.05, 4.69) is 13.8 Å². The molecule has 0 rings (SSSR count). The number of esters is 2. The Hall–Kier alpha value is -1.23. The van der Waals surface area contributed by atoms with Crippen LogP contribution in [0.15, 0.2) is 0 Å². The molecule has 1 atom stereocenters. The van der Waals surface area contributed by atoms with Gasteiger partial charge in [-0.15, -0.1) is 0 Å². The Labute approximate surface area is 256 Å². The van der Waals surface area contributed by atoms with E-state index in [1.807, 2.05) is 0 Å². The number of hydrogen-bond acceptors (Lipinski definition) is 8. The van der Waals surface area contributed by atoms with Crippen molar-refractivity contribution in [1.29, 1.82) is 0 Å². The van der Waals surface area contributed by atoms with Crippen molar-refractivity contribution in [3.8, 4) is 0 Å². The van der Waals surface area contributed by atoms with Crippen molar-refractivity contribution in [3.63, 3.8) is 0 Å². The van der Waals surface area contributed by atoms with Crippen molar-refractivity contribution >= 4 is 22.1 Å². The van der Waals surface area contributed by atoms with Crippen LogP contribution in [0.1, 0.15) is 149 Å². The van der Waals surface area contributed by atoms with Crippen LogP contribution in [-0.4, -0.2) is 69.8 Å². The summed E-state index contributed by atoms with van der Waals surface area (Å²) in [4.78, 5) is 24.2. The van der Waals surface area contributed by atoms with Gasteiger partial charge in [0, 0.05) is 13.2 Å². The molecule has 0 aromatic heterocycles. The minimum atomic E-state index is -4.83. The van der Waals surface area contributed by atoms with Gasteiger partial charge in [0.15, 0.2) is 5.25 Å². The van der Waals surface area contributed by atoms with E-state index >= 15 is 0 Å². The SMILES string of the molecule is CCCCCCCCCCCCOCCOC(=O)CC(C(=O)OCCOCCCCCCCCCCCC)S(=O)(=O)O. The lowest BCUT2D eigenvalue weighted by atomic mass is 10.1. The fourth-order valence-electron chi connectivity index (χ4n) is 4.62. The fraction of sp³-hybridized carbons (Fsp3) is 0.938. The molecule has 0 amide bonds. The number of ether oxygens (including phenoxy) is 4. The Kier molecular flexibility index (Phi) is 29.0. The van der Waals surface area contributed by atoms with E-state index in [0.29, 0.717) is 13.2 Å². The van der Waals surface area contributed by atoms with Gasteiger partial charge in [-0.3, -0.25) is 14.1 Å². The number of carbonyl (C=O) groups is 2. The van der Waals surface area contributed by atoms with Gasteiger partial charge < -0.3 is 18.9 Å². The maximum absolute atomic E-state index is 12.2. The van der Waals surface area contributed by atoms with Crippen molar-refractivity contribution in [2.75, 3.05) is 39.6 Å². The second-order valence-electron chi connectivity index (χ2n) is 11.2. The van der Waals surface area contributed by atoms with E-state index in [1.54, 1.807) is 0 Å². The molecule has 1 unspecified atom stereocenters. The molecule has 10 heteroatoms. The summed E-state index contributed by atoms with van der Waals surface area (Å²) in [6.45, 7) is 5.62. The zero-order valence-corrected chi connectivity index (χ0v) is 27.6. The summed E-state index contributed by atoms with van der Waals surface area (Å²) >= 11 is 0. The predicted molar refractivity (Wildman–Crippen MR) is 167 cm³/mol. The molecule has 0 fully saturated rings. The monoisotopic (exact) mass is 622 g/mol. The van der Waals surface area contributed by atoms with Crippen molar-refractivity contribution in [3.05, 3.63) is 0 Å². The molecule has 9 nitrogen and oxygen atoms in total. The summed E-state index contributed by atoms with van der Waals surface area (Å²) in [7, 11) is -4.83. The molecule has 250 valence electrons. The van der Waals surface area contributed by atoms with Gasteiger partial charge in [-0.05, 0) is 12.8 Å². The first-order valence-electron chi connectivity index (χ1n) is 16.8. The highest BCUT2D eigenvalue weighted by atomic mass is 32.2. The van der Waals surface area contributed by atoms with Gasteiger partial charge in [-0.25, -0.2) is 0 Å². The summed E-state index contributed by atoms with van der Waals surface area (Å²) < 4.78 is 53.5. The second-order valence-corrected chi connectivity index (χ2v) is 12.8. The molecule has 0 saturated carbocycles. The van der Waals surface area contributed by atoms with E-state index in [9.17, 15) is 22.6 Å². The van der Waals surface area contributed by atoms with E-state index in [-0.39, 0.29) is 26.4 Å². The molecular weight excluding hydrogens is 560 g/mol. The first-order valence-corrected chi connectivity index (χ1v) is 18.3. The van der Waals surface area contributed by atoms with Crippen molar-refractivity contribution < 1.29 is 41.5 Å². The smallest absolute Gasteiger partial charge is 0.327 e. The third-order valence-corrected chi connectivity index (χ3v) is 8.30. The lowest BCUT2D eigenvalue weighted by Gasteiger charge is -2.13. The minimum Gasteiger partial charge on any atom is -0.463 e. The summed E-state index contributed by atoms with van der Waals surface area (Å²) in [6.07, 6.45) is 23.7. The summed E-state index contributed by atoms with van der Waals surface area (Å²) in [5, 5.41) is -2.03. The summed E-state index contributed by atoms with van der Waals surface area (Å²) in [6, 6.07) is 0. The maximum atomic E-state index is 12.2. The van der Waals surface area contributed by atoms with E-state index in [0.717, 1.165) is 25.7 Å². The molecule has 0 spiro atoms. The molecule has 0 aromatic rings. The quantitative estimate of drug-likeness (QED) is 0.0459. The number of carbonyl (C=O) groups excluding carboxylic acids is 2. The van der Waals surface area contributed by atoms with Gasteiger partial charge in [-0.1, -0.05) is 129 Å². The van der Waals surface area contributed by atoms with Crippen LogP contribution < -0.4 is 0 Å². The van der Waals surface area contributed by atoms with Crippen LogP contribution in [0.5, 0.6) is 0 Å². The van der Waals surface area contributed by atoms with Crippen molar-refractivity contribution in [2.24, 2.45) is 0 Å². The molecule has 0 saturated heterocycles. The molecule has 0 aromatic carbocycles. The zero-order valence-electron chi connectivity index (χ0n) is 26.8. The van der Waals surface area contributed by atoms with Crippen LogP contribution in [0, 0.1) is 0 Å². The van der Waals surface area contributed by atoms with Gasteiger partial charge >= 0.3 is 11.9 Å². The number of hydrogen-bond donors (Lipinski definition) is 1. The minimum absolute atomic E-state index is 0.0589. The predicted octanol–water partition coefficient (Wildman–Crippen LogP) is 7.59. The van der Waals surface area contributed by atoms with Gasteiger partial charge in [0.2, 0.25) is 0 Å². The molecule has 0 aliphatic rings. The zero-order chi connectivity index (χ0) is 31.2. The van der Waals surface area contributed by atoms with Gasteiger partial charge in [-0.2, -0.15) is 8.42 Å². The lowest BCUT2D eigenvalue weighted by Crippen LogP contribution is -2.35. The number of unbranched alkanes of at least 4 members (excludes halogenated alkanes) is 18. The molecule has 0 radical (unpaired) electrons. The summed E-state index contributed by atoms with van der Waals surface area (Å²) in [5.74, 6) is -2.12. The van der Waals surface area contributed by atoms with Crippen LogP contribution >= 0.6 is 0 Å². The van der Waals surface area contributed by atoms with Crippen LogP contribution in [0.25, 0.3) is 0 Å². The first kappa shape index (κ1) is 40.8. The van der Waals surface area contributed by atoms with E-state index in [1.165, 1.54) is 103 Å². The van der Waals surface area contributed by atoms with Gasteiger partial charge in [0.1, 0.15) is 13.2 Å². The maximum Gasteiger partial charge on any atom is 0.327 e. The molecule has 0 aliphatic heterocycles. The third-order valence-electron chi connectivity index (χ3n) is 7.22. The topological polar surface area (TPSA) is 125 Å². The normalized spacial score (nSPS) is 12.4. The highest BCUT2D eigenvalue weighted by Gasteiger charge is 2.35. The Morgan fingerprint density at radius 1 is 0.524 bits per heavy atom. The van der Waals surface area contributed by atoms with Gasteiger partial charge in [0.25, 0.3) is 10.1 Å². The van der Waals surface area contributed by atoms with Crippen molar-refractivity contribution in [1.82, 2.24) is 0 Å². The number of rotatable bonds is 32. The van der Waals surface area contributed by atoms with E-state index in [4.69, 9.17) is 18.9 Å². The molecule has 42 heavy (non-hydrogen) atoms. The molecular formula is C32H62O9S. The molecule has 1 N–H and O–H groups in total. The van der Waals surface area contributed by atoms with Gasteiger partial charge in [0.05, 0.1) is 19.6 Å². The van der Waals surface area contributed by atoms with Crippen LogP contribution in [0.2, 0.25) is 0 Å². The first-order chi connectivity index (χ1) is 20.3. The Morgan fingerprint density at radius 3 is 1.26 bits per heavy atom.